The Morgan fingerprint density at radius 1 is 0.650 bits per heavy atom. The zero-order chi connectivity index (χ0) is 14.5. The van der Waals surface area contributed by atoms with Crippen molar-refractivity contribution in [1.29, 1.82) is 0 Å². The van der Waals surface area contributed by atoms with Gasteiger partial charge in [0.05, 0.1) is 21.0 Å². The Hall–Kier alpha value is -3.02. The van der Waals surface area contributed by atoms with Gasteiger partial charge in [-0.3, -0.25) is 20.2 Å². The second-order valence-electron chi connectivity index (χ2n) is 3.94. The molecule has 0 unspecified atom stereocenters. The fourth-order valence-corrected chi connectivity index (χ4v) is 1.85. The van der Waals surface area contributed by atoms with Crippen molar-refractivity contribution in [3.8, 4) is 0 Å². The fraction of sp³-hybridized carbons (Fsp3) is 0. The van der Waals surface area contributed by atoms with Gasteiger partial charge in [0.15, 0.2) is 0 Å². The van der Waals surface area contributed by atoms with Crippen molar-refractivity contribution in [3.05, 3.63) is 92.0 Å². The van der Waals surface area contributed by atoms with Crippen molar-refractivity contribution in [2.45, 2.75) is 0 Å². The van der Waals surface area contributed by atoms with E-state index in [9.17, 15) is 20.2 Å². The zero-order valence-corrected chi connectivity index (χ0v) is 10.3. The van der Waals surface area contributed by atoms with Crippen LogP contribution >= 0.6 is 0 Å². The molecule has 0 spiro atoms. The summed E-state index contributed by atoms with van der Waals surface area (Å²) in [5.41, 5.74) is -0.621. The van der Waals surface area contributed by atoms with E-state index in [-0.39, 0.29) is 11.1 Å². The van der Waals surface area contributed by atoms with Crippen LogP contribution in [0.15, 0.2) is 60.7 Å². The fourth-order valence-electron chi connectivity index (χ4n) is 1.85. The van der Waals surface area contributed by atoms with Crippen LogP contribution in [0, 0.1) is 20.2 Å². The Labute approximate surface area is 114 Å². The highest BCUT2D eigenvalue weighted by molar-refractivity contribution is 5.82. The Bertz CT molecular complexity index is 607. The number of hydrogen-bond acceptors (Lipinski definition) is 4. The van der Waals surface area contributed by atoms with Gasteiger partial charge in [0.2, 0.25) is 0 Å². The molecule has 2 aromatic carbocycles. The molecule has 0 aliphatic carbocycles. The molecule has 0 aromatic heterocycles. The van der Waals surface area contributed by atoms with Crippen LogP contribution in [0.4, 0.5) is 0 Å². The lowest BCUT2D eigenvalue weighted by molar-refractivity contribution is -0.406. The standard InChI is InChI=1S/C14H10N2O4/c17-15(18)13(11-7-3-1-4-8-11)14(16(19)20)12-9-5-2-6-10-12/h1-10H/b14-13-. The lowest BCUT2D eigenvalue weighted by Crippen LogP contribution is -2.08. The van der Waals surface area contributed by atoms with E-state index in [1.807, 2.05) is 0 Å². The van der Waals surface area contributed by atoms with Crippen molar-refractivity contribution in [3.63, 3.8) is 0 Å². The monoisotopic (exact) mass is 270 g/mol. The lowest BCUT2D eigenvalue weighted by atomic mass is 10.1. The molecular weight excluding hydrogens is 260 g/mol. The quantitative estimate of drug-likeness (QED) is 0.485. The molecular formula is C14H10N2O4. The van der Waals surface area contributed by atoms with Gasteiger partial charge >= 0.3 is 11.4 Å². The van der Waals surface area contributed by atoms with E-state index in [4.69, 9.17) is 0 Å². The Kier molecular flexibility index (Phi) is 3.85. The molecule has 0 amide bonds. The second-order valence-corrected chi connectivity index (χ2v) is 3.94. The third-order valence-corrected chi connectivity index (χ3v) is 2.68. The van der Waals surface area contributed by atoms with Crippen molar-refractivity contribution in [2.75, 3.05) is 0 Å². The van der Waals surface area contributed by atoms with Gasteiger partial charge in [-0.05, 0) is 24.3 Å². The first-order valence-electron chi connectivity index (χ1n) is 5.75. The number of benzene rings is 2. The predicted octanol–water partition coefficient (Wildman–Crippen LogP) is 3.07. The summed E-state index contributed by atoms with van der Waals surface area (Å²) in [5.74, 6) is 0. The van der Waals surface area contributed by atoms with E-state index in [2.05, 4.69) is 0 Å². The highest BCUT2D eigenvalue weighted by Gasteiger charge is 2.31. The summed E-state index contributed by atoms with van der Waals surface area (Å²) >= 11 is 0. The summed E-state index contributed by atoms with van der Waals surface area (Å²) in [6.07, 6.45) is 0. The smallest absolute Gasteiger partial charge is 0.258 e. The molecule has 0 aliphatic rings. The van der Waals surface area contributed by atoms with Crippen LogP contribution in [0.1, 0.15) is 11.1 Å². The minimum absolute atomic E-state index is 0.202. The van der Waals surface area contributed by atoms with Gasteiger partial charge < -0.3 is 0 Å². The Morgan fingerprint density at radius 2 is 0.950 bits per heavy atom. The van der Waals surface area contributed by atoms with Gasteiger partial charge in [-0.1, -0.05) is 36.4 Å². The maximum Gasteiger partial charge on any atom is 0.353 e. The van der Waals surface area contributed by atoms with Gasteiger partial charge in [0.25, 0.3) is 0 Å². The number of nitrogens with zero attached hydrogens (tertiary/aromatic N) is 2. The molecule has 0 fully saturated rings. The van der Waals surface area contributed by atoms with Crippen LogP contribution < -0.4 is 0 Å². The van der Waals surface area contributed by atoms with Crippen LogP contribution in [0.3, 0.4) is 0 Å². The Morgan fingerprint density at radius 3 is 1.20 bits per heavy atom. The van der Waals surface area contributed by atoms with Gasteiger partial charge in [-0.2, -0.15) is 0 Å². The first kappa shape index (κ1) is 13.4. The third-order valence-electron chi connectivity index (χ3n) is 2.68. The van der Waals surface area contributed by atoms with Crippen molar-refractivity contribution < 1.29 is 9.85 Å². The van der Waals surface area contributed by atoms with E-state index < -0.39 is 21.2 Å². The number of nitro groups is 2. The minimum atomic E-state index is -0.722. The summed E-state index contributed by atoms with van der Waals surface area (Å²) in [6.45, 7) is 0. The van der Waals surface area contributed by atoms with Crippen LogP contribution in [-0.2, 0) is 0 Å². The summed E-state index contributed by atoms with van der Waals surface area (Å²) in [5, 5.41) is 22.5. The molecule has 2 aromatic rings. The molecule has 20 heavy (non-hydrogen) atoms. The van der Waals surface area contributed by atoms with E-state index in [0.29, 0.717) is 0 Å². The summed E-state index contributed by atoms with van der Waals surface area (Å²) in [4.78, 5) is 21.1. The third kappa shape index (κ3) is 2.69. The van der Waals surface area contributed by atoms with Crippen molar-refractivity contribution >= 4 is 11.4 Å². The van der Waals surface area contributed by atoms with E-state index in [0.717, 1.165) is 0 Å². The molecule has 0 atom stereocenters. The Balaban J connectivity index is 2.74. The molecule has 6 heteroatoms. The molecule has 0 radical (unpaired) electrons. The molecule has 0 saturated carbocycles. The minimum Gasteiger partial charge on any atom is -0.258 e. The summed E-state index contributed by atoms with van der Waals surface area (Å²) < 4.78 is 0. The highest BCUT2D eigenvalue weighted by Crippen LogP contribution is 2.27. The number of rotatable bonds is 4. The van der Waals surface area contributed by atoms with Gasteiger partial charge in [-0.25, -0.2) is 0 Å². The molecule has 0 heterocycles. The predicted molar refractivity (Wildman–Crippen MR) is 73.7 cm³/mol. The molecule has 0 saturated heterocycles. The maximum absolute atomic E-state index is 11.3. The van der Waals surface area contributed by atoms with Crippen LogP contribution in [-0.4, -0.2) is 9.85 Å². The average molecular weight is 270 g/mol. The van der Waals surface area contributed by atoms with Gasteiger partial charge in [-0.15, -0.1) is 0 Å². The van der Waals surface area contributed by atoms with Gasteiger partial charge in [0, 0.05) is 0 Å². The molecule has 100 valence electrons. The highest BCUT2D eigenvalue weighted by atomic mass is 16.6. The summed E-state index contributed by atoms with van der Waals surface area (Å²) in [7, 11) is 0. The molecule has 0 N–H and O–H groups in total. The molecule has 6 nitrogen and oxygen atoms in total. The maximum atomic E-state index is 11.3. The SMILES string of the molecule is O=[N+]([O-])/C(=C(/c1ccccc1)[N+](=O)[O-])c1ccccc1. The van der Waals surface area contributed by atoms with Crippen LogP contribution in [0.25, 0.3) is 11.4 Å². The second kappa shape index (κ2) is 5.75. The largest absolute Gasteiger partial charge is 0.353 e. The van der Waals surface area contributed by atoms with Crippen molar-refractivity contribution in [1.82, 2.24) is 0 Å². The normalized spacial score (nSPS) is 11.6. The molecule has 0 aliphatic heterocycles. The van der Waals surface area contributed by atoms with E-state index >= 15 is 0 Å². The lowest BCUT2D eigenvalue weighted by Gasteiger charge is -2.02. The van der Waals surface area contributed by atoms with Crippen LogP contribution in [0.5, 0.6) is 0 Å². The average Bonchev–Trinajstić information content (AvgIpc) is 2.45. The van der Waals surface area contributed by atoms with Crippen LogP contribution in [0.2, 0.25) is 0 Å². The van der Waals surface area contributed by atoms with E-state index in [1.165, 1.54) is 24.3 Å². The zero-order valence-electron chi connectivity index (χ0n) is 10.3. The molecule has 2 rings (SSSR count). The summed E-state index contributed by atoms with van der Waals surface area (Å²) in [6, 6.07) is 15.7. The van der Waals surface area contributed by atoms with E-state index in [1.54, 1.807) is 36.4 Å². The first-order valence-corrected chi connectivity index (χ1v) is 5.75. The van der Waals surface area contributed by atoms with Crippen molar-refractivity contribution in [2.24, 2.45) is 0 Å². The molecule has 0 bridgehead atoms. The first-order chi connectivity index (χ1) is 9.61. The van der Waals surface area contributed by atoms with Gasteiger partial charge in [0.1, 0.15) is 0 Å². The topological polar surface area (TPSA) is 86.3 Å². The number of hydrogen-bond donors (Lipinski definition) is 0.